The van der Waals surface area contributed by atoms with Crippen molar-refractivity contribution in [2.24, 2.45) is 0 Å². The van der Waals surface area contributed by atoms with Gasteiger partial charge in [-0.15, -0.1) is 0 Å². The number of sulfonamides is 1. The molecule has 1 N–H and O–H groups in total. The molecular weight excluding hydrogens is 237 g/mol. The third kappa shape index (κ3) is 5.08. The van der Waals surface area contributed by atoms with E-state index in [0.29, 0.717) is 0 Å². The molecule has 0 atom stereocenters. The third-order valence-electron chi connectivity index (χ3n) is 2.06. The topological polar surface area (TPSA) is 57.9 Å². The molecule has 0 aliphatic rings. The van der Waals surface area contributed by atoms with Crippen LogP contribution in [0.25, 0.3) is 5.14 Å². The van der Waals surface area contributed by atoms with Crippen molar-refractivity contribution in [1.82, 2.24) is 0 Å². The summed E-state index contributed by atoms with van der Waals surface area (Å²) in [6.45, 7) is 2.05. The van der Waals surface area contributed by atoms with E-state index in [9.17, 15) is 8.42 Å². The van der Waals surface area contributed by atoms with Crippen molar-refractivity contribution in [2.45, 2.75) is 31.1 Å². The predicted octanol–water partition coefficient (Wildman–Crippen LogP) is -0.226. The molecule has 1 aromatic rings. The van der Waals surface area contributed by atoms with Crippen molar-refractivity contribution in [3.8, 4) is 0 Å². The molecule has 0 fully saturated rings. The number of hydrogen-bond acceptors (Lipinski definition) is 2. The van der Waals surface area contributed by atoms with Crippen LogP contribution in [0.2, 0.25) is 0 Å². The van der Waals surface area contributed by atoms with Crippen LogP contribution >= 0.6 is 0 Å². The summed E-state index contributed by atoms with van der Waals surface area (Å²) in [6.07, 6.45) is 2.70. The Bertz CT molecular complexity index is 404. The normalized spacial score (nSPS) is 10.8. The van der Waals surface area contributed by atoms with Crippen molar-refractivity contribution in [3.05, 3.63) is 35.0 Å². The Morgan fingerprint density at radius 3 is 2.40 bits per heavy atom. The van der Waals surface area contributed by atoms with Crippen molar-refractivity contribution in [3.63, 3.8) is 0 Å². The van der Waals surface area contributed by atoms with E-state index in [1.165, 1.54) is 6.07 Å². The molecule has 5 heteroatoms. The van der Waals surface area contributed by atoms with Gasteiger partial charge in [-0.2, -0.15) is 0 Å². The number of hydrogen-bond donors (Lipinski definition) is 0. The van der Waals surface area contributed by atoms with Gasteiger partial charge in [-0.1, -0.05) is 31.5 Å². The second-order valence-electron chi connectivity index (χ2n) is 3.21. The van der Waals surface area contributed by atoms with Crippen molar-refractivity contribution < 1.29 is 59.8 Å². The number of unbranched alkanes of at least 4 members (excludes halogenated alkanes) is 1. The molecule has 0 radical (unpaired) electrons. The maximum atomic E-state index is 11.1. The van der Waals surface area contributed by atoms with E-state index < -0.39 is 10.0 Å². The Labute approximate surface area is 134 Å². The molecule has 0 spiro atoms. The average Bonchev–Trinajstić information content (AvgIpc) is 2.14. The van der Waals surface area contributed by atoms with E-state index in [1.807, 2.05) is 0 Å². The van der Waals surface area contributed by atoms with Gasteiger partial charge < -0.3 is 5.14 Å². The maximum absolute atomic E-state index is 11.1. The zero-order valence-corrected chi connectivity index (χ0v) is 13.1. The van der Waals surface area contributed by atoms with E-state index in [0.717, 1.165) is 24.8 Å². The van der Waals surface area contributed by atoms with Crippen LogP contribution in [0.5, 0.6) is 0 Å². The van der Waals surface area contributed by atoms with E-state index in [1.54, 1.807) is 18.2 Å². The molecule has 0 aliphatic heterocycles. The second kappa shape index (κ2) is 7.16. The van der Waals surface area contributed by atoms with Crippen LogP contribution in [0.4, 0.5) is 0 Å². The number of aryl methyl sites for hydroxylation is 1. The number of nitrogens with one attached hydrogen (secondary N) is 1. The fraction of sp³-hybridized carbons (Fsp3) is 0.400. The standard InChI is InChI=1S/C10H14NO2S.K/c1-2-3-6-9-7-4-5-8-10(9)14(11,12)13;/h4-5,7-8H,2-3,6H2,1H3,(H-,11,12,13);/q-1;+1. The van der Waals surface area contributed by atoms with Crippen LogP contribution in [-0.4, -0.2) is 8.42 Å². The van der Waals surface area contributed by atoms with Gasteiger partial charge in [0.05, 0.1) is 14.9 Å². The summed E-state index contributed by atoms with van der Waals surface area (Å²) in [5.41, 5.74) is 0.754. The number of rotatable bonds is 4. The Kier molecular flexibility index (Phi) is 7.53. The van der Waals surface area contributed by atoms with Gasteiger partial charge in [0.1, 0.15) is 0 Å². The van der Waals surface area contributed by atoms with Gasteiger partial charge in [-0.25, -0.2) is 8.42 Å². The number of benzene rings is 1. The van der Waals surface area contributed by atoms with Crippen molar-refractivity contribution in [1.29, 1.82) is 0 Å². The first-order valence-electron chi connectivity index (χ1n) is 4.63. The summed E-state index contributed by atoms with van der Waals surface area (Å²) >= 11 is 0. The summed E-state index contributed by atoms with van der Waals surface area (Å²) in [4.78, 5) is 0.147. The Morgan fingerprint density at radius 2 is 1.87 bits per heavy atom. The van der Waals surface area contributed by atoms with E-state index in [2.05, 4.69) is 6.92 Å². The molecule has 3 nitrogen and oxygen atoms in total. The van der Waals surface area contributed by atoms with Gasteiger partial charge in [0.2, 0.25) is 0 Å². The molecule has 0 saturated carbocycles. The molecule has 0 saturated heterocycles. The molecule has 1 aromatic carbocycles. The van der Waals surface area contributed by atoms with Gasteiger partial charge in [0, 0.05) is 0 Å². The summed E-state index contributed by atoms with van der Waals surface area (Å²) in [7, 11) is -3.81. The van der Waals surface area contributed by atoms with Crippen LogP contribution in [0.15, 0.2) is 29.2 Å². The molecule has 1 rings (SSSR count). The van der Waals surface area contributed by atoms with E-state index in [-0.39, 0.29) is 56.3 Å². The molecule has 15 heavy (non-hydrogen) atoms. The Balaban J connectivity index is 0.00000196. The van der Waals surface area contributed by atoms with Crippen LogP contribution in [-0.2, 0) is 16.4 Å². The SMILES string of the molecule is CCCCc1ccccc1S([NH-])(=O)=O.[K+]. The third-order valence-corrected chi connectivity index (χ3v) is 3.04. The van der Waals surface area contributed by atoms with Gasteiger partial charge in [-0.3, -0.25) is 0 Å². The Hall–Kier alpha value is 0.766. The molecule has 0 heterocycles. The van der Waals surface area contributed by atoms with Gasteiger partial charge >= 0.3 is 51.4 Å². The fourth-order valence-corrected chi connectivity index (χ4v) is 2.11. The zero-order valence-electron chi connectivity index (χ0n) is 9.16. The zero-order chi connectivity index (χ0) is 10.6. The quantitative estimate of drug-likeness (QED) is 0.694. The van der Waals surface area contributed by atoms with Crippen LogP contribution < -0.4 is 51.4 Å². The molecule has 0 aromatic heterocycles. The van der Waals surface area contributed by atoms with Crippen LogP contribution in [0, 0.1) is 0 Å². The van der Waals surface area contributed by atoms with Crippen LogP contribution in [0.3, 0.4) is 0 Å². The monoisotopic (exact) mass is 251 g/mol. The minimum absolute atomic E-state index is 0. The van der Waals surface area contributed by atoms with Gasteiger partial charge in [-0.05, 0) is 24.5 Å². The first-order valence-corrected chi connectivity index (χ1v) is 6.11. The largest absolute Gasteiger partial charge is 1.00 e. The minimum Gasteiger partial charge on any atom is -0.560 e. The molecule has 0 bridgehead atoms. The molecule has 0 amide bonds. The first-order chi connectivity index (χ1) is 6.55. The smallest absolute Gasteiger partial charge is 0.560 e. The van der Waals surface area contributed by atoms with Gasteiger partial charge in [0.15, 0.2) is 0 Å². The van der Waals surface area contributed by atoms with E-state index in [4.69, 9.17) is 5.14 Å². The van der Waals surface area contributed by atoms with E-state index >= 15 is 0 Å². The Morgan fingerprint density at radius 1 is 1.27 bits per heavy atom. The van der Waals surface area contributed by atoms with Crippen molar-refractivity contribution >= 4 is 10.0 Å². The fourth-order valence-electron chi connectivity index (χ4n) is 1.34. The maximum Gasteiger partial charge on any atom is 1.00 e. The average molecular weight is 251 g/mol. The summed E-state index contributed by atoms with van der Waals surface area (Å²) < 4.78 is 22.2. The van der Waals surface area contributed by atoms with Gasteiger partial charge in [0.25, 0.3) is 0 Å². The molecule has 0 aliphatic carbocycles. The molecular formula is C10H14KNO2S. The molecule has 0 unspecified atom stereocenters. The van der Waals surface area contributed by atoms with Crippen molar-refractivity contribution in [2.75, 3.05) is 0 Å². The summed E-state index contributed by atoms with van der Waals surface area (Å²) in [5.74, 6) is 0. The minimum atomic E-state index is -3.81. The predicted molar refractivity (Wildman–Crippen MR) is 56.6 cm³/mol. The second-order valence-corrected chi connectivity index (χ2v) is 4.66. The molecule has 78 valence electrons. The summed E-state index contributed by atoms with van der Waals surface area (Å²) in [5, 5.41) is 7.02. The summed E-state index contributed by atoms with van der Waals surface area (Å²) in [6, 6.07) is 6.72. The first kappa shape index (κ1) is 15.8. The van der Waals surface area contributed by atoms with Crippen LogP contribution in [0.1, 0.15) is 25.3 Å².